The summed E-state index contributed by atoms with van der Waals surface area (Å²) in [4.78, 5) is 13.4. The van der Waals surface area contributed by atoms with Crippen molar-refractivity contribution in [3.63, 3.8) is 0 Å². The lowest BCUT2D eigenvalue weighted by Crippen LogP contribution is -2.35. The Morgan fingerprint density at radius 2 is 2.39 bits per heavy atom. The van der Waals surface area contributed by atoms with Gasteiger partial charge in [0, 0.05) is 23.6 Å². The predicted molar refractivity (Wildman–Crippen MR) is 68.8 cm³/mol. The van der Waals surface area contributed by atoms with Crippen molar-refractivity contribution in [2.75, 3.05) is 19.7 Å². The second-order valence-corrected chi connectivity index (χ2v) is 5.17. The Labute approximate surface area is 113 Å². The number of nitrogens with two attached hydrogens (primary N) is 1. The van der Waals surface area contributed by atoms with Crippen molar-refractivity contribution in [2.24, 2.45) is 5.73 Å². The van der Waals surface area contributed by atoms with Gasteiger partial charge in [-0.3, -0.25) is 4.79 Å². The van der Waals surface area contributed by atoms with E-state index in [-0.39, 0.29) is 24.3 Å². The Kier molecular flexibility index (Phi) is 4.19. The van der Waals surface area contributed by atoms with Crippen molar-refractivity contribution in [3.05, 3.63) is 28.5 Å². The van der Waals surface area contributed by atoms with Crippen LogP contribution in [0.5, 0.6) is 5.75 Å². The molecular formula is C12H14BrFN2O2. The number of rotatable bonds is 3. The quantitative estimate of drug-likeness (QED) is 0.920. The van der Waals surface area contributed by atoms with E-state index in [0.717, 1.165) is 6.42 Å². The first-order chi connectivity index (χ1) is 8.56. The molecule has 1 fully saturated rings. The zero-order chi connectivity index (χ0) is 13.1. The number of carbonyl (C=O) groups is 1. The summed E-state index contributed by atoms with van der Waals surface area (Å²) in [5.41, 5.74) is 5.71. The lowest BCUT2D eigenvalue weighted by atomic mass is 10.3. The maximum Gasteiger partial charge on any atom is 0.260 e. The number of hydrogen-bond donors (Lipinski definition) is 1. The van der Waals surface area contributed by atoms with Gasteiger partial charge in [0.1, 0.15) is 0 Å². The van der Waals surface area contributed by atoms with Crippen molar-refractivity contribution in [2.45, 2.75) is 12.5 Å². The molecule has 0 aromatic heterocycles. The molecule has 1 unspecified atom stereocenters. The Balaban J connectivity index is 1.89. The monoisotopic (exact) mass is 316 g/mol. The molecule has 0 radical (unpaired) electrons. The Morgan fingerprint density at radius 1 is 1.61 bits per heavy atom. The van der Waals surface area contributed by atoms with Crippen LogP contribution in [0.1, 0.15) is 6.42 Å². The number of ether oxygens (including phenoxy) is 1. The van der Waals surface area contributed by atoms with Crippen LogP contribution in [0.2, 0.25) is 0 Å². The van der Waals surface area contributed by atoms with Crippen LogP contribution in [0.4, 0.5) is 4.39 Å². The largest absolute Gasteiger partial charge is 0.481 e. The number of likely N-dealkylation sites (tertiary alicyclic amines) is 1. The predicted octanol–water partition coefficient (Wildman–Crippen LogP) is 1.53. The van der Waals surface area contributed by atoms with Gasteiger partial charge >= 0.3 is 0 Å². The van der Waals surface area contributed by atoms with Crippen LogP contribution >= 0.6 is 15.9 Å². The highest BCUT2D eigenvalue weighted by molar-refractivity contribution is 9.10. The third-order valence-electron chi connectivity index (χ3n) is 2.82. The smallest absolute Gasteiger partial charge is 0.260 e. The Hall–Kier alpha value is -1.14. The SMILES string of the molecule is NC1CCN(C(=O)COc2ccc(Br)cc2F)C1. The summed E-state index contributed by atoms with van der Waals surface area (Å²) in [6.45, 7) is 1.03. The van der Waals surface area contributed by atoms with Gasteiger partial charge in [-0.1, -0.05) is 15.9 Å². The maximum atomic E-state index is 13.4. The molecule has 6 heteroatoms. The highest BCUT2D eigenvalue weighted by Crippen LogP contribution is 2.21. The number of hydrogen-bond acceptors (Lipinski definition) is 3. The summed E-state index contributed by atoms with van der Waals surface area (Å²) in [6.07, 6.45) is 0.804. The molecule has 18 heavy (non-hydrogen) atoms. The van der Waals surface area contributed by atoms with Gasteiger partial charge in [0.2, 0.25) is 0 Å². The standard InChI is InChI=1S/C12H14BrFN2O2/c13-8-1-2-11(10(14)5-8)18-7-12(17)16-4-3-9(15)6-16/h1-2,5,9H,3-4,6-7,15H2. The average Bonchev–Trinajstić information content (AvgIpc) is 2.74. The summed E-state index contributed by atoms with van der Waals surface area (Å²) in [5, 5.41) is 0. The molecule has 0 saturated carbocycles. The number of amides is 1. The molecule has 0 spiro atoms. The number of nitrogens with zero attached hydrogens (tertiary/aromatic N) is 1. The molecule has 1 aliphatic rings. The van der Waals surface area contributed by atoms with Crippen LogP contribution in [0.15, 0.2) is 22.7 Å². The molecule has 1 amide bonds. The number of halogens is 2. The highest BCUT2D eigenvalue weighted by Gasteiger charge is 2.23. The summed E-state index contributed by atoms with van der Waals surface area (Å²) < 4.78 is 19.2. The van der Waals surface area contributed by atoms with E-state index >= 15 is 0 Å². The van der Waals surface area contributed by atoms with Gasteiger partial charge in [-0.15, -0.1) is 0 Å². The first kappa shape index (κ1) is 13.3. The van der Waals surface area contributed by atoms with Gasteiger partial charge in [0.05, 0.1) is 0 Å². The third kappa shape index (κ3) is 3.20. The van der Waals surface area contributed by atoms with E-state index in [1.54, 1.807) is 11.0 Å². The normalized spacial score (nSPS) is 19.1. The van der Waals surface area contributed by atoms with E-state index in [2.05, 4.69) is 15.9 Å². The van der Waals surface area contributed by atoms with E-state index in [4.69, 9.17) is 10.5 Å². The van der Waals surface area contributed by atoms with Gasteiger partial charge < -0.3 is 15.4 Å². The van der Waals surface area contributed by atoms with Crippen LogP contribution in [-0.4, -0.2) is 36.5 Å². The second-order valence-electron chi connectivity index (χ2n) is 4.25. The second kappa shape index (κ2) is 5.67. The molecule has 1 aromatic rings. The van der Waals surface area contributed by atoms with Crippen LogP contribution in [-0.2, 0) is 4.79 Å². The van der Waals surface area contributed by atoms with Gasteiger partial charge in [-0.25, -0.2) is 4.39 Å². The summed E-state index contributed by atoms with van der Waals surface area (Å²) in [7, 11) is 0. The molecule has 98 valence electrons. The molecular weight excluding hydrogens is 303 g/mol. The maximum absolute atomic E-state index is 13.4. The van der Waals surface area contributed by atoms with Gasteiger partial charge in [0.15, 0.2) is 18.2 Å². The van der Waals surface area contributed by atoms with Gasteiger partial charge in [0.25, 0.3) is 5.91 Å². The fraction of sp³-hybridized carbons (Fsp3) is 0.417. The van der Waals surface area contributed by atoms with Crippen LogP contribution < -0.4 is 10.5 Å². The van der Waals surface area contributed by atoms with Crippen LogP contribution in [0.25, 0.3) is 0 Å². The highest BCUT2D eigenvalue weighted by atomic mass is 79.9. The van der Waals surface area contributed by atoms with Crippen molar-refractivity contribution >= 4 is 21.8 Å². The summed E-state index contributed by atoms with van der Waals surface area (Å²) >= 11 is 3.15. The average molecular weight is 317 g/mol. The minimum Gasteiger partial charge on any atom is -0.481 e. The van der Waals surface area contributed by atoms with Gasteiger partial charge in [-0.05, 0) is 24.6 Å². The Morgan fingerprint density at radius 3 is 3.00 bits per heavy atom. The number of benzene rings is 1. The molecule has 2 N–H and O–H groups in total. The summed E-state index contributed by atoms with van der Waals surface area (Å²) in [6, 6.07) is 4.49. The molecule has 1 saturated heterocycles. The Bertz CT molecular complexity index is 456. The fourth-order valence-corrected chi connectivity index (χ4v) is 2.17. The molecule has 0 aliphatic carbocycles. The lowest BCUT2D eigenvalue weighted by molar-refractivity contribution is -0.132. The van der Waals surface area contributed by atoms with E-state index in [9.17, 15) is 9.18 Å². The van der Waals surface area contributed by atoms with Crippen molar-refractivity contribution in [1.29, 1.82) is 0 Å². The van der Waals surface area contributed by atoms with Crippen LogP contribution in [0, 0.1) is 5.82 Å². The van der Waals surface area contributed by atoms with Crippen LogP contribution in [0.3, 0.4) is 0 Å². The zero-order valence-corrected chi connectivity index (χ0v) is 11.3. The molecule has 1 heterocycles. The van der Waals surface area contributed by atoms with E-state index in [0.29, 0.717) is 17.6 Å². The summed E-state index contributed by atoms with van der Waals surface area (Å²) in [5.74, 6) is -0.574. The minimum atomic E-state index is -0.490. The molecule has 1 aliphatic heterocycles. The van der Waals surface area contributed by atoms with Crippen molar-refractivity contribution in [3.8, 4) is 5.75 Å². The third-order valence-corrected chi connectivity index (χ3v) is 3.32. The number of carbonyl (C=O) groups excluding carboxylic acids is 1. The van der Waals surface area contributed by atoms with Gasteiger partial charge in [-0.2, -0.15) is 0 Å². The fourth-order valence-electron chi connectivity index (χ4n) is 1.84. The topological polar surface area (TPSA) is 55.6 Å². The molecule has 1 atom stereocenters. The minimum absolute atomic E-state index is 0.0402. The van der Waals surface area contributed by atoms with E-state index in [1.165, 1.54) is 12.1 Å². The molecule has 2 rings (SSSR count). The molecule has 1 aromatic carbocycles. The lowest BCUT2D eigenvalue weighted by Gasteiger charge is -2.16. The first-order valence-corrected chi connectivity index (χ1v) is 6.47. The van der Waals surface area contributed by atoms with Crippen molar-refractivity contribution < 1.29 is 13.9 Å². The van der Waals surface area contributed by atoms with Crippen molar-refractivity contribution in [1.82, 2.24) is 4.90 Å². The van der Waals surface area contributed by atoms with E-state index in [1.807, 2.05) is 0 Å². The van der Waals surface area contributed by atoms with E-state index < -0.39 is 5.82 Å². The molecule has 0 bridgehead atoms. The zero-order valence-electron chi connectivity index (χ0n) is 9.73. The molecule has 4 nitrogen and oxygen atoms in total. The first-order valence-electron chi connectivity index (χ1n) is 5.67.